The standard InChI is InChI=1S/C19H18N2/c20-13-5-11-16-7-1-3-9-18(16)15-19-10-4-2-8-17(19)12-6-14-21/h1-4,7-10H,5-6,11-12,15H2. The fourth-order valence-corrected chi connectivity index (χ4v) is 2.53. The molecule has 2 aromatic carbocycles. The van der Waals surface area contributed by atoms with Gasteiger partial charge in [-0.25, -0.2) is 0 Å². The van der Waals surface area contributed by atoms with E-state index in [1.165, 1.54) is 22.3 Å². The molecule has 2 heteroatoms. The molecule has 0 saturated carbocycles. The van der Waals surface area contributed by atoms with Crippen LogP contribution in [-0.2, 0) is 19.3 Å². The summed E-state index contributed by atoms with van der Waals surface area (Å²) in [6.07, 6.45) is 3.56. The van der Waals surface area contributed by atoms with Gasteiger partial charge in [0.05, 0.1) is 12.1 Å². The first-order valence-electron chi connectivity index (χ1n) is 7.22. The van der Waals surface area contributed by atoms with Gasteiger partial charge >= 0.3 is 0 Å². The predicted molar refractivity (Wildman–Crippen MR) is 83.6 cm³/mol. The largest absolute Gasteiger partial charge is 0.198 e. The summed E-state index contributed by atoms with van der Waals surface area (Å²) < 4.78 is 0. The highest BCUT2D eigenvalue weighted by atomic mass is 14.2. The van der Waals surface area contributed by atoms with Gasteiger partial charge in [0.25, 0.3) is 0 Å². The van der Waals surface area contributed by atoms with E-state index in [0.717, 1.165) is 19.3 Å². The van der Waals surface area contributed by atoms with E-state index in [2.05, 4.69) is 36.4 Å². The van der Waals surface area contributed by atoms with Crippen LogP contribution >= 0.6 is 0 Å². The molecule has 0 atom stereocenters. The van der Waals surface area contributed by atoms with Crippen LogP contribution in [0.5, 0.6) is 0 Å². The van der Waals surface area contributed by atoms with Gasteiger partial charge in [-0.2, -0.15) is 10.5 Å². The third-order valence-electron chi connectivity index (χ3n) is 3.63. The molecule has 104 valence electrons. The van der Waals surface area contributed by atoms with Crippen LogP contribution in [0.2, 0.25) is 0 Å². The Morgan fingerprint density at radius 1 is 0.619 bits per heavy atom. The van der Waals surface area contributed by atoms with Gasteiger partial charge in [-0.1, -0.05) is 48.5 Å². The molecule has 2 aromatic rings. The Labute approximate surface area is 126 Å². The number of aryl methyl sites for hydroxylation is 2. The fraction of sp³-hybridized carbons (Fsp3) is 0.263. The van der Waals surface area contributed by atoms with Gasteiger partial charge < -0.3 is 0 Å². The Balaban J connectivity index is 2.22. The molecule has 0 aromatic heterocycles. The predicted octanol–water partition coefficient (Wildman–Crippen LogP) is 4.19. The van der Waals surface area contributed by atoms with Gasteiger partial charge in [0.15, 0.2) is 0 Å². The van der Waals surface area contributed by atoms with Gasteiger partial charge in [-0.15, -0.1) is 0 Å². The molecule has 0 fully saturated rings. The molecule has 0 spiro atoms. The van der Waals surface area contributed by atoms with Crippen LogP contribution in [0, 0.1) is 22.7 Å². The molecular weight excluding hydrogens is 256 g/mol. The molecule has 0 aliphatic heterocycles. The normalized spacial score (nSPS) is 9.81. The summed E-state index contributed by atoms with van der Waals surface area (Å²) in [5.41, 5.74) is 5.04. The zero-order valence-electron chi connectivity index (χ0n) is 12.0. The average Bonchev–Trinajstić information content (AvgIpc) is 2.53. The maximum absolute atomic E-state index is 8.77. The number of benzene rings is 2. The molecule has 21 heavy (non-hydrogen) atoms. The topological polar surface area (TPSA) is 47.6 Å². The third kappa shape index (κ3) is 4.20. The number of hydrogen-bond donors (Lipinski definition) is 0. The van der Waals surface area contributed by atoms with Gasteiger partial charge in [0.2, 0.25) is 0 Å². The molecule has 0 unspecified atom stereocenters. The highest BCUT2D eigenvalue weighted by Gasteiger charge is 2.06. The number of hydrogen-bond acceptors (Lipinski definition) is 2. The van der Waals surface area contributed by atoms with E-state index < -0.39 is 0 Å². The zero-order valence-corrected chi connectivity index (χ0v) is 12.0. The average molecular weight is 274 g/mol. The van der Waals surface area contributed by atoms with Crippen LogP contribution in [-0.4, -0.2) is 0 Å². The van der Waals surface area contributed by atoms with Crippen molar-refractivity contribution in [1.29, 1.82) is 10.5 Å². The Morgan fingerprint density at radius 3 is 1.38 bits per heavy atom. The van der Waals surface area contributed by atoms with Crippen LogP contribution < -0.4 is 0 Å². The second-order valence-electron chi connectivity index (χ2n) is 5.03. The summed E-state index contributed by atoms with van der Waals surface area (Å²) in [5, 5.41) is 17.5. The highest BCUT2D eigenvalue weighted by Crippen LogP contribution is 2.19. The first-order valence-corrected chi connectivity index (χ1v) is 7.22. The fourth-order valence-electron chi connectivity index (χ4n) is 2.53. The first kappa shape index (κ1) is 14.8. The van der Waals surface area contributed by atoms with E-state index in [1.54, 1.807) is 0 Å². The van der Waals surface area contributed by atoms with Crippen LogP contribution in [0.3, 0.4) is 0 Å². The lowest BCUT2D eigenvalue weighted by Gasteiger charge is -2.11. The van der Waals surface area contributed by atoms with Gasteiger partial charge in [-0.3, -0.25) is 0 Å². The van der Waals surface area contributed by atoms with Crippen molar-refractivity contribution in [2.75, 3.05) is 0 Å². The van der Waals surface area contributed by atoms with Crippen molar-refractivity contribution in [2.45, 2.75) is 32.1 Å². The van der Waals surface area contributed by atoms with Crippen molar-refractivity contribution in [3.63, 3.8) is 0 Å². The van der Waals surface area contributed by atoms with E-state index in [9.17, 15) is 0 Å². The lowest BCUT2D eigenvalue weighted by Crippen LogP contribution is -1.99. The zero-order chi connectivity index (χ0) is 14.9. The van der Waals surface area contributed by atoms with Gasteiger partial charge in [0.1, 0.15) is 0 Å². The summed E-state index contributed by atoms with van der Waals surface area (Å²) >= 11 is 0. The minimum absolute atomic E-state index is 0.549. The maximum Gasteiger partial charge on any atom is 0.0625 e. The molecule has 0 radical (unpaired) electrons. The highest BCUT2D eigenvalue weighted by molar-refractivity contribution is 5.37. The minimum atomic E-state index is 0.549. The number of rotatable bonds is 6. The molecule has 0 aliphatic carbocycles. The molecule has 0 amide bonds. The van der Waals surface area contributed by atoms with Crippen molar-refractivity contribution < 1.29 is 0 Å². The van der Waals surface area contributed by atoms with E-state index in [0.29, 0.717) is 12.8 Å². The minimum Gasteiger partial charge on any atom is -0.198 e. The Morgan fingerprint density at radius 2 is 1.00 bits per heavy atom. The van der Waals surface area contributed by atoms with Crippen molar-refractivity contribution in [1.82, 2.24) is 0 Å². The van der Waals surface area contributed by atoms with E-state index >= 15 is 0 Å². The lowest BCUT2D eigenvalue weighted by atomic mass is 9.93. The third-order valence-corrected chi connectivity index (χ3v) is 3.63. The van der Waals surface area contributed by atoms with Gasteiger partial charge in [0, 0.05) is 12.8 Å². The summed E-state index contributed by atoms with van der Waals surface area (Å²) in [6.45, 7) is 0. The number of nitriles is 2. The summed E-state index contributed by atoms with van der Waals surface area (Å²) in [7, 11) is 0. The van der Waals surface area contributed by atoms with E-state index in [4.69, 9.17) is 10.5 Å². The monoisotopic (exact) mass is 274 g/mol. The molecule has 0 N–H and O–H groups in total. The lowest BCUT2D eigenvalue weighted by molar-refractivity contribution is 0.952. The quantitative estimate of drug-likeness (QED) is 0.793. The van der Waals surface area contributed by atoms with Crippen molar-refractivity contribution in [3.8, 4) is 12.1 Å². The maximum atomic E-state index is 8.77. The first-order chi connectivity index (χ1) is 10.3. The molecule has 2 nitrogen and oxygen atoms in total. The Hall–Kier alpha value is -2.58. The number of nitrogens with zero attached hydrogens (tertiary/aromatic N) is 2. The van der Waals surface area contributed by atoms with E-state index in [1.807, 2.05) is 24.3 Å². The summed E-state index contributed by atoms with van der Waals surface area (Å²) in [4.78, 5) is 0. The SMILES string of the molecule is N#CCCc1ccccc1Cc1ccccc1CCC#N. The van der Waals surface area contributed by atoms with E-state index in [-0.39, 0.29) is 0 Å². The molecule has 0 heterocycles. The summed E-state index contributed by atoms with van der Waals surface area (Å²) in [5.74, 6) is 0. The van der Waals surface area contributed by atoms with Gasteiger partial charge in [-0.05, 0) is 41.5 Å². The molecule has 0 bridgehead atoms. The van der Waals surface area contributed by atoms with Crippen LogP contribution in [0.25, 0.3) is 0 Å². The molecule has 2 rings (SSSR count). The van der Waals surface area contributed by atoms with Crippen molar-refractivity contribution in [3.05, 3.63) is 70.8 Å². The Bertz CT molecular complexity index is 615. The molecule has 0 aliphatic rings. The van der Waals surface area contributed by atoms with Crippen molar-refractivity contribution in [2.24, 2.45) is 0 Å². The smallest absolute Gasteiger partial charge is 0.0625 e. The second kappa shape index (κ2) is 7.88. The molecular formula is C19H18N2. The second-order valence-corrected chi connectivity index (χ2v) is 5.03. The molecule has 0 saturated heterocycles. The van der Waals surface area contributed by atoms with Crippen LogP contribution in [0.15, 0.2) is 48.5 Å². The Kier molecular flexibility index (Phi) is 5.56. The van der Waals surface area contributed by atoms with Crippen LogP contribution in [0.4, 0.5) is 0 Å². The summed E-state index contributed by atoms with van der Waals surface area (Å²) in [6, 6.07) is 21.0. The van der Waals surface area contributed by atoms with Crippen molar-refractivity contribution >= 4 is 0 Å². The van der Waals surface area contributed by atoms with Crippen LogP contribution in [0.1, 0.15) is 35.1 Å².